The van der Waals surface area contributed by atoms with Crippen molar-refractivity contribution in [1.82, 2.24) is 10.3 Å². The first-order valence-corrected chi connectivity index (χ1v) is 9.66. The molecule has 0 aromatic carbocycles. The highest BCUT2D eigenvalue weighted by Gasteiger charge is 2.35. The molecular weight excluding hydrogens is 276 g/mol. The van der Waals surface area contributed by atoms with Gasteiger partial charge in [0.15, 0.2) is 0 Å². The van der Waals surface area contributed by atoms with Crippen molar-refractivity contribution >= 4 is 11.3 Å². The van der Waals surface area contributed by atoms with Gasteiger partial charge in [0, 0.05) is 11.4 Å². The molecule has 1 aliphatic rings. The molecule has 2 nitrogen and oxygen atoms in total. The number of thiazole rings is 1. The maximum absolute atomic E-state index is 4.93. The van der Waals surface area contributed by atoms with E-state index in [9.17, 15) is 0 Å². The molecule has 0 spiro atoms. The summed E-state index contributed by atoms with van der Waals surface area (Å²) in [6, 6.07) is 0.733. The number of hydrogen-bond acceptors (Lipinski definition) is 3. The molecule has 3 heteroatoms. The average Bonchev–Trinajstić information content (AvgIpc) is 3.09. The standard InChI is InChI=1S/C18H32N2S/c1-5-6-7-8-9-12-18(4,20-15-10-11-15)17-19-16(13-21-17)14(2)3/h13-15,20H,5-12H2,1-4H3. The fourth-order valence-corrected chi connectivity index (χ4v) is 3.94. The third-order valence-electron chi connectivity index (χ3n) is 4.47. The van der Waals surface area contributed by atoms with Crippen LogP contribution in [0.5, 0.6) is 0 Å². The van der Waals surface area contributed by atoms with E-state index in [4.69, 9.17) is 4.98 Å². The first-order chi connectivity index (χ1) is 10.0. The van der Waals surface area contributed by atoms with E-state index < -0.39 is 0 Å². The largest absolute Gasteiger partial charge is 0.303 e. The van der Waals surface area contributed by atoms with Gasteiger partial charge < -0.3 is 5.32 Å². The molecule has 0 bridgehead atoms. The van der Waals surface area contributed by atoms with Crippen molar-refractivity contribution < 1.29 is 0 Å². The van der Waals surface area contributed by atoms with Crippen LogP contribution in [0.15, 0.2) is 5.38 Å². The summed E-state index contributed by atoms with van der Waals surface area (Å²) in [4.78, 5) is 4.93. The normalized spacial score (nSPS) is 18.1. The van der Waals surface area contributed by atoms with E-state index in [0.717, 1.165) is 6.04 Å². The maximum Gasteiger partial charge on any atom is 0.113 e. The van der Waals surface area contributed by atoms with Crippen molar-refractivity contribution in [3.05, 3.63) is 16.1 Å². The fourth-order valence-electron chi connectivity index (χ4n) is 2.81. The van der Waals surface area contributed by atoms with Gasteiger partial charge in [0.25, 0.3) is 0 Å². The molecule has 0 amide bonds. The van der Waals surface area contributed by atoms with E-state index in [1.807, 2.05) is 11.3 Å². The SMILES string of the molecule is CCCCCCCC(C)(NC1CC1)c1nc(C(C)C)cs1. The van der Waals surface area contributed by atoms with Gasteiger partial charge in [-0.15, -0.1) is 11.3 Å². The highest BCUT2D eigenvalue weighted by molar-refractivity contribution is 7.09. The Morgan fingerprint density at radius 1 is 1.29 bits per heavy atom. The number of hydrogen-bond donors (Lipinski definition) is 1. The Morgan fingerprint density at radius 2 is 2.00 bits per heavy atom. The fraction of sp³-hybridized carbons (Fsp3) is 0.833. The molecule has 1 atom stereocenters. The van der Waals surface area contributed by atoms with Gasteiger partial charge in [0.05, 0.1) is 11.2 Å². The van der Waals surface area contributed by atoms with Crippen LogP contribution < -0.4 is 5.32 Å². The van der Waals surface area contributed by atoms with Crippen molar-refractivity contribution in [2.24, 2.45) is 0 Å². The second-order valence-electron chi connectivity index (χ2n) is 7.15. The highest BCUT2D eigenvalue weighted by atomic mass is 32.1. The van der Waals surface area contributed by atoms with Crippen LogP contribution in [0.25, 0.3) is 0 Å². The maximum atomic E-state index is 4.93. The summed E-state index contributed by atoms with van der Waals surface area (Å²) >= 11 is 1.85. The van der Waals surface area contributed by atoms with Crippen LogP contribution in [0.1, 0.15) is 95.7 Å². The molecular formula is C18H32N2S. The van der Waals surface area contributed by atoms with E-state index in [-0.39, 0.29) is 5.54 Å². The third kappa shape index (κ3) is 5.07. The predicted octanol–water partition coefficient (Wildman–Crippen LogP) is 5.59. The zero-order valence-electron chi connectivity index (χ0n) is 14.2. The second-order valence-corrected chi connectivity index (χ2v) is 8.01. The van der Waals surface area contributed by atoms with Gasteiger partial charge in [-0.3, -0.25) is 0 Å². The van der Waals surface area contributed by atoms with Gasteiger partial charge in [-0.05, 0) is 32.1 Å². The lowest BCUT2D eigenvalue weighted by Crippen LogP contribution is -2.41. The lowest BCUT2D eigenvalue weighted by molar-refractivity contribution is 0.320. The smallest absolute Gasteiger partial charge is 0.113 e. The molecule has 1 saturated carbocycles. The third-order valence-corrected chi connectivity index (χ3v) is 5.59. The van der Waals surface area contributed by atoms with E-state index >= 15 is 0 Å². The Labute approximate surface area is 134 Å². The molecule has 0 aliphatic heterocycles. The van der Waals surface area contributed by atoms with Crippen LogP contribution in [-0.2, 0) is 5.54 Å². The van der Waals surface area contributed by atoms with Crippen LogP contribution >= 0.6 is 11.3 Å². The van der Waals surface area contributed by atoms with Crippen molar-refractivity contribution in [2.75, 3.05) is 0 Å². The number of rotatable bonds is 10. The van der Waals surface area contributed by atoms with Crippen LogP contribution in [0.4, 0.5) is 0 Å². The predicted molar refractivity (Wildman–Crippen MR) is 93.1 cm³/mol. The Bertz CT molecular complexity index is 423. The number of nitrogens with one attached hydrogen (secondary N) is 1. The van der Waals surface area contributed by atoms with Crippen LogP contribution in [0.3, 0.4) is 0 Å². The average molecular weight is 309 g/mol. The monoisotopic (exact) mass is 308 g/mol. The first kappa shape index (κ1) is 17.0. The van der Waals surface area contributed by atoms with E-state index in [2.05, 4.69) is 38.4 Å². The molecule has 1 unspecified atom stereocenters. The zero-order chi connectivity index (χ0) is 15.3. The lowest BCUT2D eigenvalue weighted by Gasteiger charge is -2.29. The summed E-state index contributed by atoms with van der Waals surface area (Å²) in [6.07, 6.45) is 10.7. The molecule has 1 aromatic rings. The molecule has 21 heavy (non-hydrogen) atoms. The van der Waals surface area contributed by atoms with Gasteiger partial charge in [0.1, 0.15) is 5.01 Å². The quantitative estimate of drug-likeness (QED) is 0.569. The molecule has 1 aromatic heterocycles. The van der Waals surface area contributed by atoms with Crippen molar-refractivity contribution in [3.63, 3.8) is 0 Å². The lowest BCUT2D eigenvalue weighted by atomic mass is 9.94. The molecule has 0 saturated heterocycles. The van der Waals surface area contributed by atoms with E-state index in [1.54, 1.807) is 0 Å². The topological polar surface area (TPSA) is 24.9 Å². The number of aromatic nitrogens is 1. The van der Waals surface area contributed by atoms with Crippen LogP contribution in [-0.4, -0.2) is 11.0 Å². The Hall–Kier alpha value is -0.410. The van der Waals surface area contributed by atoms with Crippen molar-refractivity contribution in [2.45, 2.75) is 96.6 Å². The van der Waals surface area contributed by atoms with E-state index in [0.29, 0.717) is 5.92 Å². The second kappa shape index (κ2) is 7.73. The summed E-state index contributed by atoms with van der Waals surface area (Å²) in [7, 11) is 0. The molecule has 1 fully saturated rings. The molecule has 0 radical (unpaired) electrons. The van der Waals surface area contributed by atoms with Gasteiger partial charge in [0.2, 0.25) is 0 Å². The molecule has 2 rings (SSSR count). The van der Waals surface area contributed by atoms with Gasteiger partial charge >= 0.3 is 0 Å². The van der Waals surface area contributed by atoms with Gasteiger partial charge in [-0.25, -0.2) is 4.98 Å². The van der Waals surface area contributed by atoms with E-state index in [1.165, 1.54) is 62.1 Å². The van der Waals surface area contributed by atoms with Crippen LogP contribution in [0, 0.1) is 0 Å². The Morgan fingerprint density at radius 3 is 2.57 bits per heavy atom. The van der Waals surface area contributed by atoms with Gasteiger partial charge in [-0.1, -0.05) is 52.9 Å². The minimum atomic E-state index is 0.0885. The Kier molecular flexibility index (Phi) is 6.24. The summed E-state index contributed by atoms with van der Waals surface area (Å²) in [5, 5.41) is 7.43. The first-order valence-electron chi connectivity index (χ1n) is 8.78. The number of unbranched alkanes of at least 4 members (excludes halogenated alkanes) is 4. The summed E-state index contributed by atoms with van der Waals surface area (Å²) in [5.74, 6) is 0.532. The van der Waals surface area contributed by atoms with Crippen molar-refractivity contribution in [3.8, 4) is 0 Å². The molecule has 1 aliphatic carbocycles. The Balaban J connectivity index is 1.97. The summed E-state index contributed by atoms with van der Waals surface area (Å²) in [6.45, 7) is 9.11. The summed E-state index contributed by atoms with van der Waals surface area (Å²) in [5.41, 5.74) is 1.34. The summed E-state index contributed by atoms with van der Waals surface area (Å²) < 4.78 is 0. The minimum Gasteiger partial charge on any atom is -0.303 e. The molecule has 1 heterocycles. The van der Waals surface area contributed by atoms with Crippen LogP contribution in [0.2, 0.25) is 0 Å². The minimum absolute atomic E-state index is 0.0885. The molecule has 120 valence electrons. The highest BCUT2D eigenvalue weighted by Crippen LogP contribution is 2.35. The molecule has 1 N–H and O–H groups in total. The zero-order valence-corrected chi connectivity index (χ0v) is 15.1. The van der Waals surface area contributed by atoms with Gasteiger partial charge in [-0.2, -0.15) is 0 Å². The number of nitrogens with zero attached hydrogens (tertiary/aromatic N) is 1. The van der Waals surface area contributed by atoms with Crippen molar-refractivity contribution in [1.29, 1.82) is 0 Å².